The van der Waals surface area contributed by atoms with Gasteiger partial charge in [0.2, 0.25) is 0 Å². The molecular formula is C8H15IN4. The zero-order chi connectivity index (χ0) is 8.97. The normalized spacial score (nSPS) is 18.3. The van der Waals surface area contributed by atoms with E-state index in [2.05, 4.69) is 16.4 Å². The van der Waals surface area contributed by atoms with Gasteiger partial charge in [0.25, 0.3) is 0 Å². The molecule has 1 saturated carbocycles. The van der Waals surface area contributed by atoms with Crippen LogP contribution < -0.4 is 11.1 Å². The molecule has 0 spiro atoms. The van der Waals surface area contributed by atoms with Gasteiger partial charge in [-0.25, -0.2) is 0 Å². The fourth-order valence-electron chi connectivity index (χ4n) is 0.759. The van der Waals surface area contributed by atoms with Gasteiger partial charge < -0.3 is 11.1 Å². The lowest BCUT2D eigenvalue weighted by Crippen LogP contribution is -2.33. The third-order valence-electron chi connectivity index (χ3n) is 1.69. The summed E-state index contributed by atoms with van der Waals surface area (Å²) in [6.45, 7) is 2.32. The fraction of sp³-hybridized carbons (Fsp3) is 0.750. The Balaban J connectivity index is 0.00000144. The van der Waals surface area contributed by atoms with Gasteiger partial charge in [-0.15, -0.1) is 24.0 Å². The molecule has 13 heavy (non-hydrogen) atoms. The second-order valence-electron chi connectivity index (χ2n) is 3.17. The van der Waals surface area contributed by atoms with Crippen molar-refractivity contribution in [2.24, 2.45) is 16.6 Å². The summed E-state index contributed by atoms with van der Waals surface area (Å²) >= 11 is 0. The maximum atomic E-state index is 8.46. The SMILES string of the molecule is CC(C#N)CN=C(N)NC1CC1.I. The molecule has 1 aliphatic rings. The minimum Gasteiger partial charge on any atom is -0.370 e. The number of nitrogens with two attached hydrogens (primary N) is 1. The van der Waals surface area contributed by atoms with Gasteiger partial charge in [0.15, 0.2) is 5.96 Å². The van der Waals surface area contributed by atoms with Crippen molar-refractivity contribution in [3.63, 3.8) is 0 Å². The zero-order valence-electron chi connectivity index (χ0n) is 7.66. The molecule has 1 rings (SSSR count). The van der Waals surface area contributed by atoms with Crippen LogP contribution in [0.5, 0.6) is 0 Å². The van der Waals surface area contributed by atoms with E-state index in [-0.39, 0.29) is 29.9 Å². The molecule has 0 radical (unpaired) electrons. The monoisotopic (exact) mass is 294 g/mol. The van der Waals surface area contributed by atoms with Gasteiger partial charge in [-0.1, -0.05) is 0 Å². The van der Waals surface area contributed by atoms with Gasteiger partial charge in [-0.3, -0.25) is 4.99 Å². The number of hydrogen-bond donors (Lipinski definition) is 2. The highest BCUT2D eigenvalue weighted by Gasteiger charge is 2.21. The van der Waals surface area contributed by atoms with Crippen LogP contribution in [0.25, 0.3) is 0 Å². The van der Waals surface area contributed by atoms with Crippen LogP contribution in [0.1, 0.15) is 19.8 Å². The van der Waals surface area contributed by atoms with Crippen molar-refractivity contribution in [2.75, 3.05) is 6.54 Å². The summed E-state index contributed by atoms with van der Waals surface area (Å²) in [5.41, 5.74) is 5.55. The van der Waals surface area contributed by atoms with Crippen molar-refractivity contribution in [3.05, 3.63) is 0 Å². The third kappa shape index (κ3) is 5.69. The number of guanidine groups is 1. The molecule has 1 aliphatic carbocycles. The molecule has 0 saturated heterocycles. The quantitative estimate of drug-likeness (QED) is 0.460. The van der Waals surface area contributed by atoms with E-state index < -0.39 is 0 Å². The second kappa shape index (κ2) is 6.02. The summed E-state index contributed by atoms with van der Waals surface area (Å²) in [6, 6.07) is 2.63. The van der Waals surface area contributed by atoms with Crippen molar-refractivity contribution in [3.8, 4) is 6.07 Å². The average Bonchev–Trinajstić information content (AvgIpc) is 2.84. The van der Waals surface area contributed by atoms with E-state index in [9.17, 15) is 0 Å². The molecule has 0 bridgehead atoms. The maximum Gasteiger partial charge on any atom is 0.188 e. The van der Waals surface area contributed by atoms with Gasteiger partial charge in [0.05, 0.1) is 18.5 Å². The molecule has 0 aliphatic heterocycles. The Morgan fingerprint density at radius 1 is 1.77 bits per heavy atom. The molecule has 1 fully saturated rings. The highest BCUT2D eigenvalue weighted by molar-refractivity contribution is 14.0. The van der Waals surface area contributed by atoms with E-state index >= 15 is 0 Å². The van der Waals surface area contributed by atoms with Crippen LogP contribution in [0.2, 0.25) is 0 Å². The Morgan fingerprint density at radius 3 is 2.85 bits per heavy atom. The fourth-order valence-corrected chi connectivity index (χ4v) is 0.759. The first-order valence-corrected chi connectivity index (χ1v) is 4.18. The van der Waals surface area contributed by atoms with E-state index in [4.69, 9.17) is 11.0 Å². The Morgan fingerprint density at radius 2 is 2.38 bits per heavy atom. The number of aliphatic imine (C=N–C) groups is 1. The third-order valence-corrected chi connectivity index (χ3v) is 1.69. The van der Waals surface area contributed by atoms with Gasteiger partial charge in [-0.2, -0.15) is 5.26 Å². The van der Waals surface area contributed by atoms with E-state index in [1.54, 1.807) is 0 Å². The number of nitrogens with one attached hydrogen (secondary N) is 1. The lowest BCUT2D eigenvalue weighted by molar-refractivity contribution is 0.746. The molecule has 0 aromatic carbocycles. The summed E-state index contributed by atoms with van der Waals surface area (Å²) in [6.07, 6.45) is 2.37. The van der Waals surface area contributed by atoms with Gasteiger partial charge in [-0.05, 0) is 19.8 Å². The van der Waals surface area contributed by atoms with Crippen LogP contribution in [-0.2, 0) is 0 Å². The predicted octanol–water partition coefficient (Wildman–Crippen LogP) is 0.831. The molecular weight excluding hydrogens is 279 g/mol. The molecule has 74 valence electrons. The van der Waals surface area contributed by atoms with Crippen molar-refractivity contribution in [1.29, 1.82) is 5.26 Å². The smallest absolute Gasteiger partial charge is 0.188 e. The summed E-state index contributed by atoms with van der Waals surface area (Å²) in [7, 11) is 0. The molecule has 0 amide bonds. The number of nitrogens with zero attached hydrogens (tertiary/aromatic N) is 2. The molecule has 4 nitrogen and oxygen atoms in total. The number of nitriles is 1. The van der Waals surface area contributed by atoms with Crippen LogP contribution in [0.3, 0.4) is 0 Å². The van der Waals surface area contributed by atoms with Crippen LogP contribution >= 0.6 is 24.0 Å². The second-order valence-corrected chi connectivity index (χ2v) is 3.17. The number of halogens is 1. The maximum absolute atomic E-state index is 8.46. The molecule has 5 heteroatoms. The van der Waals surface area contributed by atoms with Gasteiger partial charge >= 0.3 is 0 Å². The first kappa shape index (κ1) is 12.5. The molecule has 0 aromatic rings. The van der Waals surface area contributed by atoms with Crippen LogP contribution in [0.15, 0.2) is 4.99 Å². The Kier molecular flexibility index (Phi) is 5.79. The Hall–Kier alpha value is -0.510. The topological polar surface area (TPSA) is 74.2 Å². The van der Waals surface area contributed by atoms with Gasteiger partial charge in [0, 0.05) is 6.04 Å². The number of hydrogen-bond acceptors (Lipinski definition) is 2. The Bertz CT molecular complexity index is 217. The van der Waals surface area contributed by atoms with Crippen molar-refractivity contribution in [2.45, 2.75) is 25.8 Å². The standard InChI is InChI=1S/C8H14N4.HI/c1-6(4-9)5-11-8(10)12-7-2-3-7;/h6-7H,2-3,5H2,1H3,(H3,10,11,12);1H. The first-order chi connectivity index (χ1) is 5.72. The number of rotatable bonds is 3. The summed E-state index contributed by atoms with van der Waals surface area (Å²) in [5.74, 6) is 0.421. The molecule has 1 unspecified atom stereocenters. The highest BCUT2D eigenvalue weighted by atomic mass is 127. The van der Waals surface area contributed by atoms with Crippen LogP contribution in [0, 0.1) is 17.2 Å². The van der Waals surface area contributed by atoms with Crippen LogP contribution in [0.4, 0.5) is 0 Å². The Labute approximate surface area is 95.6 Å². The molecule has 1 atom stereocenters. The summed E-state index contributed by atoms with van der Waals surface area (Å²) in [4.78, 5) is 4.04. The minimum atomic E-state index is -0.0513. The minimum absolute atomic E-state index is 0. The van der Waals surface area contributed by atoms with E-state index in [1.807, 2.05) is 6.92 Å². The van der Waals surface area contributed by atoms with E-state index in [1.165, 1.54) is 12.8 Å². The largest absolute Gasteiger partial charge is 0.370 e. The molecule has 3 N–H and O–H groups in total. The molecule has 0 aromatic heterocycles. The van der Waals surface area contributed by atoms with Crippen molar-refractivity contribution >= 4 is 29.9 Å². The highest BCUT2D eigenvalue weighted by Crippen LogP contribution is 2.17. The lowest BCUT2D eigenvalue weighted by Gasteiger charge is -2.02. The van der Waals surface area contributed by atoms with E-state index in [0.717, 1.165) is 0 Å². The summed E-state index contributed by atoms with van der Waals surface area (Å²) in [5, 5.41) is 11.5. The first-order valence-electron chi connectivity index (χ1n) is 4.18. The van der Waals surface area contributed by atoms with Gasteiger partial charge in [0.1, 0.15) is 0 Å². The van der Waals surface area contributed by atoms with Crippen LogP contribution in [-0.4, -0.2) is 18.5 Å². The predicted molar refractivity (Wildman–Crippen MR) is 62.8 cm³/mol. The summed E-state index contributed by atoms with van der Waals surface area (Å²) < 4.78 is 0. The van der Waals surface area contributed by atoms with Crippen molar-refractivity contribution in [1.82, 2.24) is 5.32 Å². The van der Waals surface area contributed by atoms with Crippen molar-refractivity contribution < 1.29 is 0 Å². The zero-order valence-corrected chi connectivity index (χ0v) is 9.99. The average molecular weight is 294 g/mol. The van der Waals surface area contributed by atoms with E-state index in [0.29, 0.717) is 18.5 Å². The lowest BCUT2D eigenvalue weighted by atomic mass is 10.2. The molecule has 0 heterocycles.